The first-order chi connectivity index (χ1) is 12.9. The van der Waals surface area contributed by atoms with Crippen molar-refractivity contribution in [2.45, 2.75) is 38.1 Å². The Bertz CT molecular complexity index is 862. The molecular weight excluding hydrogens is 358 g/mol. The van der Waals surface area contributed by atoms with Crippen LogP contribution in [-0.2, 0) is 22.8 Å². The zero-order chi connectivity index (χ0) is 19.7. The number of nitrogens with one attached hydrogen (secondary N) is 2. The number of hydrogen-bond donors (Lipinski definition) is 2. The van der Waals surface area contributed by atoms with E-state index in [1.165, 1.54) is 11.8 Å². The van der Waals surface area contributed by atoms with Gasteiger partial charge in [0.25, 0.3) is 0 Å². The summed E-state index contributed by atoms with van der Waals surface area (Å²) in [6.45, 7) is 5.98. The van der Waals surface area contributed by atoms with Crippen molar-refractivity contribution in [3.8, 4) is 0 Å². The predicted octanol–water partition coefficient (Wildman–Crippen LogP) is 3.09. The molecule has 2 rings (SSSR count). The van der Waals surface area contributed by atoms with E-state index in [-0.39, 0.29) is 0 Å². The van der Waals surface area contributed by atoms with Gasteiger partial charge < -0.3 is 10.6 Å². The topological polar surface area (TPSA) is 70.6 Å². The molecule has 0 radical (unpaired) electrons. The second-order valence-corrected chi connectivity index (χ2v) is 8.57. The lowest BCUT2D eigenvalue weighted by Gasteiger charge is -2.12. The van der Waals surface area contributed by atoms with Crippen molar-refractivity contribution < 1.29 is 8.42 Å². The second kappa shape index (κ2) is 10.1. The lowest BCUT2D eigenvalue weighted by atomic mass is 10.1. The lowest BCUT2D eigenvalue weighted by molar-refractivity contribution is 0.601. The minimum absolute atomic E-state index is 0.376. The van der Waals surface area contributed by atoms with E-state index in [1.807, 2.05) is 32.0 Å². The highest BCUT2D eigenvalue weighted by Crippen LogP contribution is 2.17. The maximum absolute atomic E-state index is 11.7. The first-order valence-corrected chi connectivity index (χ1v) is 11.1. The van der Waals surface area contributed by atoms with E-state index in [9.17, 15) is 8.42 Å². The third-order valence-corrected chi connectivity index (χ3v) is 5.44. The van der Waals surface area contributed by atoms with Crippen molar-refractivity contribution in [3.63, 3.8) is 0 Å². The van der Waals surface area contributed by atoms with Crippen molar-refractivity contribution in [2.75, 3.05) is 19.3 Å². The monoisotopic (exact) mass is 387 g/mol. The molecule has 2 aromatic rings. The Morgan fingerprint density at radius 3 is 2.41 bits per heavy atom. The summed E-state index contributed by atoms with van der Waals surface area (Å²) in [4.78, 5) is 4.98. The molecule has 2 N–H and O–H groups in total. The van der Waals surface area contributed by atoms with Gasteiger partial charge in [-0.2, -0.15) is 0 Å². The van der Waals surface area contributed by atoms with Gasteiger partial charge in [-0.25, -0.2) is 13.4 Å². The summed E-state index contributed by atoms with van der Waals surface area (Å²) in [6, 6.07) is 15.8. The molecule has 0 unspecified atom stereocenters. The largest absolute Gasteiger partial charge is 0.357 e. The number of guanidine groups is 1. The number of nitrogens with zero attached hydrogens (tertiary/aromatic N) is 1. The minimum atomic E-state index is -3.19. The van der Waals surface area contributed by atoms with Gasteiger partial charge in [0.2, 0.25) is 0 Å². The zero-order valence-corrected chi connectivity index (χ0v) is 17.1. The molecule has 0 aliphatic heterocycles. The fourth-order valence-corrected chi connectivity index (χ4v) is 3.84. The van der Waals surface area contributed by atoms with Crippen molar-refractivity contribution in [1.29, 1.82) is 0 Å². The Kier molecular flexibility index (Phi) is 7.85. The number of sulfone groups is 1. The van der Waals surface area contributed by atoms with Crippen molar-refractivity contribution in [3.05, 3.63) is 65.2 Å². The van der Waals surface area contributed by atoms with Crippen LogP contribution in [0.25, 0.3) is 0 Å². The van der Waals surface area contributed by atoms with Gasteiger partial charge in [0, 0.05) is 19.3 Å². The zero-order valence-electron chi connectivity index (χ0n) is 16.3. The highest BCUT2D eigenvalue weighted by atomic mass is 32.2. The van der Waals surface area contributed by atoms with Gasteiger partial charge in [0.1, 0.15) is 0 Å². The fraction of sp³-hybridized carbons (Fsp3) is 0.381. The second-order valence-electron chi connectivity index (χ2n) is 6.58. The molecular formula is C21H29N3O2S. The quantitative estimate of drug-likeness (QED) is 0.415. The minimum Gasteiger partial charge on any atom is -0.357 e. The molecule has 0 amide bonds. The van der Waals surface area contributed by atoms with Gasteiger partial charge >= 0.3 is 0 Å². The molecule has 2 aromatic carbocycles. The fourth-order valence-electron chi connectivity index (χ4n) is 2.88. The van der Waals surface area contributed by atoms with Crippen LogP contribution in [0.3, 0.4) is 0 Å². The van der Waals surface area contributed by atoms with Crippen LogP contribution < -0.4 is 10.6 Å². The van der Waals surface area contributed by atoms with Gasteiger partial charge in [-0.3, -0.25) is 0 Å². The molecule has 0 heterocycles. The van der Waals surface area contributed by atoms with Gasteiger partial charge in [0.15, 0.2) is 15.8 Å². The third-order valence-electron chi connectivity index (χ3n) is 4.18. The van der Waals surface area contributed by atoms with E-state index in [0.29, 0.717) is 11.4 Å². The number of aliphatic imine (C=N–C) groups is 1. The lowest BCUT2D eigenvalue weighted by Crippen LogP contribution is -2.37. The van der Waals surface area contributed by atoms with Crippen molar-refractivity contribution in [2.24, 2.45) is 4.99 Å². The van der Waals surface area contributed by atoms with E-state index in [0.717, 1.165) is 43.0 Å². The SMILES string of the molecule is CCNC(=NCc1ccc(S(C)(=O)=O)c(C)c1)NCCCc1ccccc1. The number of benzene rings is 2. The molecule has 0 saturated carbocycles. The third kappa shape index (κ3) is 7.06. The van der Waals surface area contributed by atoms with Gasteiger partial charge in [-0.1, -0.05) is 42.5 Å². The maximum atomic E-state index is 11.7. The highest BCUT2D eigenvalue weighted by Gasteiger charge is 2.10. The molecule has 146 valence electrons. The molecule has 0 aliphatic carbocycles. The Labute approximate surface area is 162 Å². The van der Waals surface area contributed by atoms with Crippen LogP contribution in [0, 0.1) is 6.92 Å². The molecule has 0 bridgehead atoms. The molecule has 0 atom stereocenters. The molecule has 0 saturated heterocycles. The van der Waals surface area contributed by atoms with E-state index >= 15 is 0 Å². The van der Waals surface area contributed by atoms with Crippen LogP contribution in [0.1, 0.15) is 30.0 Å². The summed E-state index contributed by atoms with van der Waals surface area (Å²) < 4.78 is 23.4. The number of hydrogen-bond acceptors (Lipinski definition) is 3. The Morgan fingerprint density at radius 1 is 1.04 bits per heavy atom. The molecule has 0 spiro atoms. The maximum Gasteiger partial charge on any atom is 0.191 e. The summed E-state index contributed by atoms with van der Waals surface area (Å²) in [5, 5.41) is 6.60. The molecule has 0 fully saturated rings. The van der Waals surface area contributed by atoms with Crippen LogP contribution in [0.5, 0.6) is 0 Å². The summed E-state index contributed by atoms with van der Waals surface area (Å²) in [7, 11) is -3.19. The van der Waals surface area contributed by atoms with Gasteiger partial charge in [-0.15, -0.1) is 0 Å². The smallest absolute Gasteiger partial charge is 0.191 e. The van der Waals surface area contributed by atoms with E-state index < -0.39 is 9.84 Å². The van der Waals surface area contributed by atoms with Crippen molar-refractivity contribution in [1.82, 2.24) is 10.6 Å². The van der Waals surface area contributed by atoms with E-state index in [2.05, 4.69) is 39.9 Å². The summed E-state index contributed by atoms with van der Waals surface area (Å²) >= 11 is 0. The molecule has 27 heavy (non-hydrogen) atoms. The van der Waals surface area contributed by atoms with Crippen molar-refractivity contribution >= 4 is 15.8 Å². The number of rotatable bonds is 8. The Morgan fingerprint density at radius 2 is 1.78 bits per heavy atom. The van der Waals surface area contributed by atoms with Crippen LogP contribution >= 0.6 is 0 Å². The summed E-state index contributed by atoms with van der Waals surface area (Å²) in [5.74, 6) is 0.774. The molecule has 0 aliphatic rings. The summed E-state index contributed by atoms with van der Waals surface area (Å²) in [6.07, 6.45) is 3.28. The highest BCUT2D eigenvalue weighted by molar-refractivity contribution is 7.90. The number of aryl methyl sites for hydroxylation is 2. The normalized spacial score (nSPS) is 12.0. The Balaban J connectivity index is 1.91. The van der Waals surface area contributed by atoms with E-state index in [1.54, 1.807) is 6.07 Å². The Hall–Kier alpha value is -2.34. The molecule has 0 aromatic heterocycles. The first kappa shape index (κ1) is 21.0. The van der Waals surface area contributed by atoms with Crippen LogP contribution in [-0.4, -0.2) is 33.7 Å². The van der Waals surface area contributed by atoms with Crippen LogP contribution in [0.15, 0.2) is 58.4 Å². The first-order valence-electron chi connectivity index (χ1n) is 9.26. The van der Waals surface area contributed by atoms with Gasteiger partial charge in [0.05, 0.1) is 11.4 Å². The average molecular weight is 388 g/mol. The predicted molar refractivity (Wildman–Crippen MR) is 112 cm³/mol. The average Bonchev–Trinajstić information content (AvgIpc) is 2.63. The van der Waals surface area contributed by atoms with E-state index in [4.69, 9.17) is 0 Å². The van der Waals surface area contributed by atoms with Gasteiger partial charge in [-0.05, 0) is 49.4 Å². The molecule has 5 nitrogen and oxygen atoms in total. The van der Waals surface area contributed by atoms with Crippen LogP contribution in [0.4, 0.5) is 0 Å². The van der Waals surface area contributed by atoms with Crippen LogP contribution in [0.2, 0.25) is 0 Å². The summed E-state index contributed by atoms with van der Waals surface area (Å²) in [5.41, 5.74) is 3.08. The molecule has 6 heteroatoms. The standard InChI is InChI=1S/C21H29N3O2S/c1-4-22-21(23-14-8-11-18-9-6-5-7-10-18)24-16-19-12-13-20(17(2)15-19)27(3,25)26/h5-7,9-10,12-13,15H,4,8,11,14,16H2,1-3H3,(H2,22,23,24).